The summed E-state index contributed by atoms with van der Waals surface area (Å²) in [6, 6.07) is 18.2. The van der Waals surface area contributed by atoms with Gasteiger partial charge in [0.1, 0.15) is 0 Å². The summed E-state index contributed by atoms with van der Waals surface area (Å²) in [5.41, 5.74) is 5.70. The minimum atomic E-state index is -0.150. The van der Waals surface area contributed by atoms with Gasteiger partial charge in [-0.25, -0.2) is 5.43 Å². The fourth-order valence-corrected chi connectivity index (χ4v) is 3.26. The molecule has 0 aromatic heterocycles. The van der Waals surface area contributed by atoms with Crippen LogP contribution in [-0.2, 0) is 10.5 Å². The lowest BCUT2D eigenvalue weighted by molar-refractivity contribution is -0.120. The zero-order valence-electron chi connectivity index (χ0n) is 13.1. The van der Waals surface area contributed by atoms with Crippen molar-refractivity contribution in [2.75, 3.05) is 0 Å². The van der Waals surface area contributed by atoms with Crippen molar-refractivity contribution in [3.8, 4) is 0 Å². The van der Waals surface area contributed by atoms with Gasteiger partial charge in [-0.2, -0.15) is 5.10 Å². The monoisotopic (exact) mass is 438 g/mol. The molecule has 0 heterocycles. The van der Waals surface area contributed by atoms with E-state index in [1.54, 1.807) is 11.8 Å². The Morgan fingerprint density at radius 3 is 2.65 bits per heavy atom. The van der Waals surface area contributed by atoms with Crippen LogP contribution in [0.1, 0.15) is 25.0 Å². The zero-order chi connectivity index (χ0) is 16.7. The second kappa shape index (κ2) is 9.08. The summed E-state index contributed by atoms with van der Waals surface area (Å²) in [4.78, 5) is 12.1. The third-order valence-corrected chi connectivity index (χ3v) is 5.17. The first-order chi connectivity index (χ1) is 11.1. The van der Waals surface area contributed by atoms with Gasteiger partial charge < -0.3 is 0 Å². The zero-order valence-corrected chi connectivity index (χ0v) is 16.1. The first-order valence-electron chi connectivity index (χ1n) is 7.32. The number of rotatable bonds is 6. The molecule has 0 saturated heterocycles. The molecule has 0 spiro atoms. The Morgan fingerprint density at radius 2 is 1.96 bits per heavy atom. The van der Waals surface area contributed by atoms with Gasteiger partial charge in [0, 0.05) is 9.32 Å². The van der Waals surface area contributed by atoms with Crippen molar-refractivity contribution in [2.45, 2.75) is 24.9 Å². The number of hydrazone groups is 1. The molecule has 1 amide bonds. The lowest BCUT2D eigenvalue weighted by Gasteiger charge is -2.10. The van der Waals surface area contributed by atoms with Gasteiger partial charge in [0.2, 0.25) is 0 Å². The second-order valence-electron chi connectivity index (χ2n) is 5.12. The molecule has 1 N–H and O–H groups in total. The van der Waals surface area contributed by atoms with E-state index in [1.165, 1.54) is 5.56 Å². The highest BCUT2D eigenvalue weighted by Gasteiger charge is 2.13. The molecule has 0 aliphatic rings. The summed E-state index contributed by atoms with van der Waals surface area (Å²) in [5.74, 6) is 0.741. The average molecular weight is 438 g/mol. The smallest absolute Gasteiger partial charge is 0.252 e. The molecule has 2 aromatic rings. The highest BCUT2D eigenvalue weighted by Crippen LogP contribution is 2.17. The van der Waals surface area contributed by atoms with Crippen molar-refractivity contribution in [3.05, 3.63) is 69.3 Å². The third kappa shape index (κ3) is 5.99. The first-order valence-corrected chi connectivity index (χ1v) is 9.44. The molecule has 3 nitrogen and oxygen atoms in total. The van der Waals surface area contributed by atoms with Crippen molar-refractivity contribution in [1.82, 2.24) is 5.43 Å². The van der Waals surface area contributed by atoms with Crippen LogP contribution in [0.15, 0.2) is 59.7 Å². The standard InChI is InChI=1S/C18H19IN2OS/c1-13(16-9-6-10-17(19)11-16)20-21-18(22)14(2)23-12-15-7-4-3-5-8-15/h3-11,14H,12H2,1-2H3,(H,21,22)/b20-13-/t14-/m1/s1. The predicted molar refractivity (Wildman–Crippen MR) is 107 cm³/mol. The van der Waals surface area contributed by atoms with Crippen LogP contribution < -0.4 is 5.43 Å². The van der Waals surface area contributed by atoms with Gasteiger partial charge in [-0.1, -0.05) is 42.5 Å². The fraction of sp³-hybridized carbons (Fsp3) is 0.222. The van der Waals surface area contributed by atoms with E-state index in [-0.39, 0.29) is 11.2 Å². The molecule has 0 radical (unpaired) electrons. The normalized spacial score (nSPS) is 12.7. The van der Waals surface area contributed by atoms with Crippen LogP contribution in [0.5, 0.6) is 0 Å². The highest BCUT2D eigenvalue weighted by atomic mass is 127. The first kappa shape index (κ1) is 18.0. The van der Waals surface area contributed by atoms with Crippen LogP contribution in [0, 0.1) is 3.57 Å². The number of benzene rings is 2. The molecular weight excluding hydrogens is 419 g/mol. The van der Waals surface area contributed by atoms with Crippen molar-refractivity contribution in [2.24, 2.45) is 5.10 Å². The Hall–Kier alpha value is -1.34. The molecule has 2 rings (SSSR count). The van der Waals surface area contributed by atoms with Crippen molar-refractivity contribution < 1.29 is 4.79 Å². The SMILES string of the molecule is C/C(=N/NC(=O)[C@@H](C)SCc1ccccc1)c1cccc(I)c1. The Labute approximate surface area is 155 Å². The topological polar surface area (TPSA) is 41.5 Å². The minimum Gasteiger partial charge on any atom is -0.272 e. The summed E-state index contributed by atoms with van der Waals surface area (Å²) < 4.78 is 1.15. The molecule has 0 saturated carbocycles. The summed E-state index contributed by atoms with van der Waals surface area (Å²) in [6.45, 7) is 3.80. The van der Waals surface area contributed by atoms with Crippen molar-refractivity contribution >= 4 is 46.0 Å². The molecule has 5 heteroatoms. The van der Waals surface area contributed by atoms with E-state index in [9.17, 15) is 4.79 Å². The number of carbonyl (C=O) groups excluding carboxylic acids is 1. The van der Waals surface area contributed by atoms with Crippen LogP contribution in [0.2, 0.25) is 0 Å². The maximum absolute atomic E-state index is 12.1. The minimum absolute atomic E-state index is 0.0732. The van der Waals surface area contributed by atoms with Crippen LogP contribution in [0.3, 0.4) is 0 Å². The number of halogens is 1. The maximum atomic E-state index is 12.1. The number of hydrogen-bond acceptors (Lipinski definition) is 3. The van der Waals surface area contributed by atoms with Gasteiger partial charge in [0.05, 0.1) is 11.0 Å². The van der Waals surface area contributed by atoms with E-state index in [1.807, 2.05) is 56.3 Å². The van der Waals surface area contributed by atoms with E-state index < -0.39 is 0 Å². The molecule has 2 aromatic carbocycles. The van der Waals surface area contributed by atoms with Gasteiger partial charge in [0.15, 0.2) is 0 Å². The molecule has 0 aliphatic carbocycles. The molecule has 23 heavy (non-hydrogen) atoms. The molecule has 0 fully saturated rings. The van der Waals surface area contributed by atoms with Crippen LogP contribution in [-0.4, -0.2) is 16.9 Å². The molecule has 120 valence electrons. The Balaban J connectivity index is 1.87. The van der Waals surface area contributed by atoms with Crippen LogP contribution in [0.4, 0.5) is 0 Å². The van der Waals surface area contributed by atoms with E-state index in [4.69, 9.17) is 0 Å². The summed E-state index contributed by atoms with van der Waals surface area (Å²) in [5, 5.41) is 4.06. The highest BCUT2D eigenvalue weighted by molar-refractivity contribution is 14.1. The molecule has 0 unspecified atom stereocenters. The van der Waals surface area contributed by atoms with Gasteiger partial charge in [-0.15, -0.1) is 11.8 Å². The number of carbonyl (C=O) groups is 1. The van der Waals surface area contributed by atoms with Crippen LogP contribution in [0.25, 0.3) is 0 Å². The van der Waals surface area contributed by atoms with E-state index in [0.717, 1.165) is 20.6 Å². The summed E-state index contributed by atoms with van der Waals surface area (Å²) in [7, 11) is 0. The Morgan fingerprint density at radius 1 is 1.22 bits per heavy atom. The van der Waals surface area contributed by atoms with Crippen molar-refractivity contribution in [1.29, 1.82) is 0 Å². The van der Waals surface area contributed by atoms with E-state index in [0.29, 0.717) is 0 Å². The lowest BCUT2D eigenvalue weighted by atomic mass is 10.1. The summed E-state index contributed by atoms with van der Waals surface area (Å²) in [6.07, 6.45) is 0. The summed E-state index contributed by atoms with van der Waals surface area (Å²) >= 11 is 3.87. The van der Waals surface area contributed by atoms with E-state index >= 15 is 0 Å². The molecule has 0 bridgehead atoms. The number of nitrogens with zero attached hydrogens (tertiary/aromatic N) is 1. The second-order valence-corrected chi connectivity index (χ2v) is 7.70. The fourth-order valence-electron chi connectivity index (χ4n) is 1.88. The Kier molecular flexibility index (Phi) is 7.11. The van der Waals surface area contributed by atoms with Crippen LogP contribution >= 0.6 is 34.4 Å². The number of amides is 1. The van der Waals surface area contributed by atoms with E-state index in [2.05, 4.69) is 45.3 Å². The molecular formula is C18H19IN2OS. The molecule has 1 atom stereocenters. The molecule has 0 aliphatic heterocycles. The van der Waals surface area contributed by atoms with Gasteiger partial charge in [0.25, 0.3) is 5.91 Å². The predicted octanol–water partition coefficient (Wildman–Crippen LogP) is 4.45. The van der Waals surface area contributed by atoms with Gasteiger partial charge in [-0.05, 0) is 59.7 Å². The lowest BCUT2D eigenvalue weighted by Crippen LogP contribution is -2.27. The number of hydrogen-bond donors (Lipinski definition) is 1. The van der Waals surface area contributed by atoms with Gasteiger partial charge in [-0.3, -0.25) is 4.79 Å². The number of thioether (sulfide) groups is 1. The average Bonchev–Trinajstić information content (AvgIpc) is 2.58. The largest absolute Gasteiger partial charge is 0.272 e. The number of nitrogens with one attached hydrogen (secondary N) is 1. The van der Waals surface area contributed by atoms with Crippen molar-refractivity contribution in [3.63, 3.8) is 0 Å². The quantitative estimate of drug-likeness (QED) is 0.411. The maximum Gasteiger partial charge on any atom is 0.252 e. The Bertz CT molecular complexity index is 688. The van der Waals surface area contributed by atoms with Gasteiger partial charge >= 0.3 is 0 Å². The third-order valence-electron chi connectivity index (χ3n) is 3.29.